The van der Waals surface area contributed by atoms with Gasteiger partial charge in [0.15, 0.2) is 0 Å². The van der Waals surface area contributed by atoms with Gasteiger partial charge < -0.3 is 0 Å². The molecule has 0 unspecified atom stereocenters. The van der Waals surface area contributed by atoms with Gasteiger partial charge in [0, 0.05) is 50.1 Å². The molecule has 0 saturated carbocycles. The Morgan fingerprint density at radius 1 is 0.469 bits per heavy atom. The molecule has 0 aromatic heterocycles. The third-order valence-corrected chi connectivity index (χ3v) is 12.8. The van der Waals surface area contributed by atoms with Crippen LogP contribution in [0, 0.1) is 81.4 Å². The second kappa shape index (κ2) is 27.6. The van der Waals surface area contributed by atoms with Crippen LogP contribution in [-0.2, 0) is 39.0 Å². The molecular formula is C58H78N2Si4. The van der Waals surface area contributed by atoms with Crippen LogP contribution in [0.25, 0.3) is 0 Å². The lowest BCUT2D eigenvalue weighted by Crippen LogP contribution is -2.24. The van der Waals surface area contributed by atoms with Crippen molar-refractivity contribution >= 4 is 32.3 Å². The Morgan fingerprint density at radius 2 is 0.844 bits per heavy atom. The monoisotopic (exact) mass is 915 g/mol. The van der Waals surface area contributed by atoms with Crippen molar-refractivity contribution in [1.82, 2.24) is 9.80 Å². The molecule has 0 spiro atoms. The van der Waals surface area contributed by atoms with Gasteiger partial charge in [-0.15, -0.1) is 34.0 Å². The molecular weight excluding hydrogens is 837 g/mol. The van der Waals surface area contributed by atoms with Crippen LogP contribution in [0.1, 0.15) is 85.0 Å². The largest absolute Gasteiger partial charge is 0.290 e. The molecule has 1 aliphatic rings. The summed E-state index contributed by atoms with van der Waals surface area (Å²) in [4.78, 5) is 4.79. The molecule has 3 aromatic carbocycles. The van der Waals surface area contributed by atoms with E-state index in [0.29, 0.717) is 13.1 Å². The summed E-state index contributed by atoms with van der Waals surface area (Å²) in [5.74, 6) is 31.7. The molecule has 64 heavy (non-hydrogen) atoms. The van der Waals surface area contributed by atoms with Gasteiger partial charge in [0.25, 0.3) is 0 Å². The first-order valence-corrected chi connectivity index (χ1v) is 37.3. The zero-order valence-corrected chi connectivity index (χ0v) is 46.7. The lowest BCUT2D eigenvalue weighted by Gasteiger charge is -2.18. The van der Waals surface area contributed by atoms with Crippen molar-refractivity contribution in [2.75, 3.05) is 13.1 Å². The summed E-state index contributed by atoms with van der Waals surface area (Å²) in [6, 6.07) is 21.2. The van der Waals surface area contributed by atoms with E-state index >= 15 is 0 Å². The Labute approximate surface area is 397 Å². The predicted molar refractivity (Wildman–Crippen MR) is 293 cm³/mol. The van der Waals surface area contributed by atoms with E-state index in [4.69, 9.17) is 0 Å². The Bertz CT molecular complexity index is 2280. The molecule has 0 amide bonds. The van der Waals surface area contributed by atoms with Crippen LogP contribution in [-0.4, -0.2) is 55.2 Å². The molecule has 0 saturated heterocycles. The maximum atomic E-state index is 3.71. The molecule has 0 bridgehead atoms. The summed E-state index contributed by atoms with van der Waals surface area (Å²) < 4.78 is 0. The number of hydrogen-bond acceptors (Lipinski definition) is 2. The van der Waals surface area contributed by atoms with E-state index in [9.17, 15) is 0 Å². The van der Waals surface area contributed by atoms with E-state index in [1.807, 2.05) is 6.07 Å². The molecule has 0 aliphatic carbocycles. The van der Waals surface area contributed by atoms with Crippen LogP contribution in [0.5, 0.6) is 0 Å². The number of benzene rings is 3. The number of hydrogen-bond donors (Lipinski definition) is 0. The highest BCUT2D eigenvalue weighted by atomic mass is 28.3. The second-order valence-corrected chi connectivity index (χ2v) is 39.3. The van der Waals surface area contributed by atoms with Crippen molar-refractivity contribution < 1.29 is 0 Å². The summed E-state index contributed by atoms with van der Waals surface area (Å²) in [5.41, 5.74) is 24.9. The molecule has 3 aromatic rings. The molecule has 336 valence electrons. The number of nitrogens with zero attached hydrogens (tertiary/aromatic N) is 2. The molecule has 2 nitrogen and oxygen atoms in total. The average molecular weight is 916 g/mol. The van der Waals surface area contributed by atoms with Gasteiger partial charge >= 0.3 is 0 Å². The highest BCUT2D eigenvalue weighted by Gasteiger charge is 2.29. The van der Waals surface area contributed by atoms with Crippen LogP contribution in [0.15, 0.2) is 60.7 Å². The van der Waals surface area contributed by atoms with Crippen molar-refractivity contribution in [3.8, 4) is 81.4 Å². The lowest BCUT2D eigenvalue weighted by molar-refractivity contribution is 0.275. The SMILES string of the molecule is CCC#CCC.CCc1c(C#C[Si](C)(C)C)c2c(c(C#C[Si](C)(C)C)c1CC)CN(Cc1ccccc1)C2.C[Si](C)(C)C#CC#CCN(CC#CC#C[Si](C)(C)C)Cc1ccccc1. The molecule has 6 heteroatoms. The summed E-state index contributed by atoms with van der Waals surface area (Å²) in [6.07, 6.45) is 4.03. The Hall–Kier alpha value is -4.63. The first-order valence-electron chi connectivity index (χ1n) is 23.3. The van der Waals surface area contributed by atoms with E-state index in [0.717, 1.165) is 51.9 Å². The Kier molecular flexibility index (Phi) is 24.0. The van der Waals surface area contributed by atoms with E-state index < -0.39 is 32.3 Å². The predicted octanol–water partition coefficient (Wildman–Crippen LogP) is 12.9. The minimum atomic E-state index is -1.46. The van der Waals surface area contributed by atoms with Crippen molar-refractivity contribution in [2.24, 2.45) is 0 Å². The fourth-order valence-electron chi connectivity index (χ4n) is 6.44. The summed E-state index contributed by atoms with van der Waals surface area (Å²) in [6.45, 7) is 41.1. The molecule has 1 aliphatic heterocycles. The standard InChI is InChI=1S/C29H39NSi2.C23H29NSi2.C6H10/c1-9-24-25(10-2)27(17-19-32(6,7)8)29-22-30(20-23-14-12-11-13-15-23)21-28(29)26(24)16-18-31(3,4)5;1-25(2,3)20-14-8-12-18-24(22-23-16-10-7-11-17-23)19-13-9-15-21-26(4,5)6;1-3-5-6-4-2/h11-15H,9-10,20-22H2,1-8H3;7,10-11,16-17H,18-19,22H2,1-6H3;3-4H2,1-2H3. The molecule has 0 radical (unpaired) electrons. The second-order valence-electron chi connectivity index (χ2n) is 20.3. The quantitative estimate of drug-likeness (QED) is 0.164. The fraction of sp³-hybridized carbons (Fsp3) is 0.448. The van der Waals surface area contributed by atoms with Crippen molar-refractivity contribution in [2.45, 2.75) is 158 Å². The third kappa shape index (κ3) is 23.3. The maximum Gasteiger partial charge on any atom is 0.130 e. The first kappa shape index (κ1) is 55.5. The lowest BCUT2D eigenvalue weighted by atomic mass is 9.86. The average Bonchev–Trinajstić information content (AvgIpc) is 3.63. The molecule has 1 heterocycles. The van der Waals surface area contributed by atoms with Crippen LogP contribution >= 0.6 is 0 Å². The van der Waals surface area contributed by atoms with E-state index in [1.165, 1.54) is 44.5 Å². The summed E-state index contributed by atoms with van der Waals surface area (Å²) in [5, 5.41) is 0. The van der Waals surface area contributed by atoms with Gasteiger partial charge in [0.2, 0.25) is 0 Å². The minimum absolute atomic E-state index is 0.658. The highest BCUT2D eigenvalue weighted by molar-refractivity contribution is 6.85. The van der Waals surface area contributed by atoms with Gasteiger partial charge in [0.1, 0.15) is 32.3 Å². The summed E-state index contributed by atoms with van der Waals surface area (Å²) in [7, 11) is -5.63. The molecule has 0 atom stereocenters. The van der Waals surface area contributed by atoms with E-state index in [1.54, 1.807) is 0 Å². The Balaban J connectivity index is 0.000000397. The normalized spacial score (nSPS) is 11.6. The molecule has 0 N–H and O–H groups in total. The smallest absolute Gasteiger partial charge is 0.130 e. The number of fused-ring (bicyclic) bond motifs is 1. The molecule has 0 fully saturated rings. The zero-order valence-electron chi connectivity index (χ0n) is 42.7. The van der Waals surface area contributed by atoms with Crippen LogP contribution in [0.4, 0.5) is 0 Å². The van der Waals surface area contributed by atoms with Gasteiger partial charge in [-0.2, -0.15) is 0 Å². The van der Waals surface area contributed by atoms with Gasteiger partial charge in [-0.25, -0.2) is 0 Å². The van der Waals surface area contributed by atoms with Crippen molar-refractivity contribution in [3.63, 3.8) is 0 Å². The van der Waals surface area contributed by atoms with Crippen LogP contribution < -0.4 is 0 Å². The maximum absolute atomic E-state index is 3.71. The fourth-order valence-corrected chi connectivity index (χ4v) is 8.32. The van der Waals surface area contributed by atoms with E-state index in [2.05, 4.69) is 252 Å². The van der Waals surface area contributed by atoms with E-state index in [-0.39, 0.29) is 0 Å². The summed E-state index contributed by atoms with van der Waals surface area (Å²) >= 11 is 0. The minimum Gasteiger partial charge on any atom is -0.290 e. The van der Waals surface area contributed by atoms with Gasteiger partial charge in [-0.3, -0.25) is 9.80 Å². The Morgan fingerprint density at radius 3 is 1.19 bits per heavy atom. The van der Waals surface area contributed by atoms with Gasteiger partial charge in [-0.05, 0) is 69.9 Å². The van der Waals surface area contributed by atoms with Gasteiger partial charge in [0.05, 0.1) is 13.1 Å². The zero-order chi connectivity index (χ0) is 47.8. The van der Waals surface area contributed by atoms with Crippen LogP contribution in [0.3, 0.4) is 0 Å². The van der Waals surface area contributed by atoms with Crippen molar-refractivity contribution in [3.05, 3.63) is 105 Å². The topological polar surface area (TPSA) is 6.48 Å². The third-order valence-electron chi connectivity index (χ3n) is 9.29. The van der Waals surface area contributed by atoms with Crippen molar-refractivity contribution in [1.29, 1.82) is 0 Å². The highest BCUT2D eigenvalue weighted by Crippen LogP contribution is 2.36. The first-order chi connectivity index (χ1) is 30.1. The van der Waals surface area contributed by atoms with Gasteiger partial charge in [-0.1, -0.05) is 191 Å². The number of rotatable bonds is 8. The van der Waals surface area contributed by atoms with Crippen LogP contribution in [0.2, 0.25) is 78.6 Å². The molecule has 4 rings (SSSR count).